The predicted molar refractivity (Wildman–Crippen MR) is 95.2 cm³/mol. The summed E-state index contributed by atoms with van der Waals surface area (Å²) in [6, 6.07) is 8.56. The Hall–Kier alpha value is -1.64. The van der Waals surface area contributed by atoms with Crippen LogP contribution in [0, 0.1) is 6.92 Å². The zero-order valence-corrected chi connectivity index (χ0v) is 15.1. The summed E-state index contributed by atoms with van der Waals surface area (Å²) in [5.74, 6) is 2.09. The molecule has 22 heavy (non-hydrogen) atoms. The van der Waals surface area contributed by atoms with E-state index >= 15 is 0 Å². The van der Waals surface area contributed by atoms with Crippen LogP contribution in [0.25, 0.3) is 0 Å². The van der Waals surface area contributed by atoms with Crippen molar-refractivity contribution in [3.8, 4) is 0 Å². The average molecular weight is 413 g/mol. The third kappa shape index (κ3) is 3.76. The number of aliphatic imine (C=N–C) groups is 1. The van der Waals surface area contributed by atoms with E-state index in [0.717, 1.165) is 25.5 Å². The van der Waals surface area contributed by atoms with Gasteiger partial charge in [0.15, 0.2) is 11.8 Å². The molecule has 1 N–H and O–H groups in total. The minimum absolute atomic E-state index is 0. The number of aryl methyl sites for hydroxylation is 1. The second kappa shape index (κ2) is 7.57. The van der Waals surface area contributed by atoms with Crippen LogP contribution >= 0.6 is 24.0 Å². The Bertz CT molecular complexity index is 655. The van der Waals surface area contributed by atoms with Crippen molar-refractivity contribution < 1.29 is 4.52 Å². The number of guanidine groups is 1. The molecule has 3 rings (SSSR count). The maximum atomic E-state index is 4.97. The number of fused-ring (bicyclic) bond motifs is 1. The van der Waals surface area contributed by atoms with Crippen LogP contribution in [0.5, 0.6) is 0 Å². The van der Waals surface area contributed by atoms with Crippen molar-refractivity contribution >= 4 is 29.9 Å². The zero-order valence-electron chi connectivity index (χ0n) is 12.7. The van der Waals surface area contributed by atoms with Crippen LogP contribution in [0.2, 0.25) is 0 Å². The first-order valence-corrected chi connectivity index (χ1v) is 7.08. The molecular formula is C15H20IN5O. The van der Waals surface area contributed by atoms with Gasteiger partial charge in [-0.1, -0.05) is 29.4 Å². The Morgan fingerprint density at radius 1 is 1.36 bits per heavy atom. The van der Waals surface area contributed by atoms with Crippen molar-refractivity contribution in [3.05, 3.63) is 47.1 Å². The lowest BCUT2D eigenvalue weighted by molar-refractivity contribution is 0.373. The van der Waals surface area contributed by atoms with Gasteiger partial charge in [0.1, 0.15) is 0 Å². The van der Waals surface area contributed by atoms with E-state index in [9.17, 15) is 0 Å². The third-order valence-corrected chi connectivity index (χ3v) is 3.62. The molecule has 1 aromatic heterocycles. The van der Waals surface area contributed by atoms with Crippen LogP contribution in [0.15, 0.2) is 33.8 Å². The molecule has 0 fully saturated rings. The van der Waals surface area contributed by atoms with Gasteiger partial charge in [0.25, 0.3) is 0 Å². The molecule has 1 aliphatic heterocycles. The normalized spacial score (nSPS) is 14.3. The number of halogens is 1. The average Bonchev–Trinajstić information content (AvgIpc) is 2.93. The van der Waals surface area contributed by atoms with Gasteiger partial charge >= 0.3 is 0 Å². The number of aromatic nitrogens is 2. The smallest absolute Gasteiger partial charge is 0.223 e. The third-order valence-electron chi connectivity index (χ3n) is 3.62. The number of hydrogen-bond acceptors (Lipinski definition) is 4. The summed E-state index contributed by atoms with van der Waals surface area (Å²) in [6.07, 6.45) is 1.04. The van der Waals surface area contributed by atoms with Crippen LogP contribution in [0.1, 0.15) is 22.8 Å². The summed E-state index contributed by atoms with van der Waals surface area (Å²) in [5.41, 5.74) is 2.79. The fraction of sp³-hybridized carbons (Fsp3) is 0.400. The highest BCUT2D eigenvalue weighted by atomic mass is 127. The molecule has 0 spiro atoms. The molecule has 1 aliphatic rings. The van der Waals surface area contributed by atoms with Gasteiger partial charge in [-0.3, -0.25) is 4.99 Å². The molecule has 0 aliphatic carbocycles. The molecule has 0 saturated carbocycles. The van der Waals surface area contributed by atoms with Crippen molar-refractivity contribution in [2.75, 3.05) is 13.6 Å². The first-order chi connectivity index (χ1) is 10.3. The zero-order chi connectivity index (χ0) is 14.7. The number of rotatable bonds is 2. The van der Waals surface area contributed by atoms with E-state index in [-0.39, 0.29) is 24.0 Å². The summed E-state index contributed by atoms with van der Waals surface area (Å²) in [4.78, 5) is 10.8. The molecule has 0 radical (unpaired) electrons. The van der Waals surface area contributed by atoms with Gasteiger partial charge in [-0.15, -0.1) is 24.0 Å². The molecule has 0 amide bonds. The van der Waals surface area contributed by atoms with Crippen LogP contribution in [-0.2, 0) is 19.5 Å². The second-order valence-electron chi connectivity index (χ2n) is 5.07. The van der Waals surface area contributed by atoms with Crippen molar-refractivity contribution in [2.24, 2.45) is 4.99 Å². The van der Waals surface area contributed by atoms with Crippen molar-refractivity contribution in [2.45, 2.75) is 26.4 Å². The lowest BCUT2D eigenvalue weighted by Crippen LogP contribution is -2.43. The molecule has 2 aromatic rings. The monoisotopic (exact) mass is 413 g/mol. The first-order valence-electron chi connectivity index (χ1n) is 7.08. The van der Waals surface area contributed by atoms with E-state index in [1.54, 1.807) is 14.0 Å². The van der Waals surface area contributed by atoms with E-state index in [1.807, 2.05) is 0 Å². The molecule has 7 heteroatoms. The largest absolute Gasteiger partial charge is 0.349 e. The lowest BCUT2D eigenvalue weighted by atomic mass is 10.0. The van der Waals surface area contributed by atoms with E-state index in [4.69, 9.17) is 4.52 Å². The predicted octanol–water partition coefficient (Wildman–Crippen LogP) is 2.13. The van der Waals surface area contributed by atoms with Crippen molar-refractivity contribution in [1.29, 1.82) is 0 Å². The number of benzene rings is 1. The molecule has 118 valence electrons. The molecule has 6 nitrogen and oxygen atoms in total. The van der Waals surface area contributed by atoms with Crippen molar-refractivity contribution in [1.82, 2.24) is 20.4 Å². The number of nitrogens with one attached hydrogen (secondary N) is 1. The van der Waals surface area contributed by atoms with Crippen LogP contribution < -0.4 is 5.32 Å². The highest BCUT2D eigenvalue weighted by Gasteiger charge is 2.18. The highest BCUT2D eigenvalue weighted by molar-refractivity contribution is 14.0. The van der Waals surface area contributed by atoms with Gasteiger partial charge in [0.2, 0.25) is 5.89 Å². The summed E-state index contributed by atoms with van der Waals surface area (Å²) < 4.78 is 4.97. The van der Waals surface area contributed by atoms with E-state index in [1.165, 1.54) is 11.1 Å². The number of hydrogen-bond donors (Lipinski definition) is 1. The minimum Gasteiger partial charge on any atom is -0.349 e. The topological polar surface area (TPSA) is 66.5 Å². The minimum atomic E-state index is 0. The number of nitrogens with zero attached hydrogens (tertiary/aromatic N) is 4. The Labute approximate surface area is 147 Å². The first kappa shape index (κ1) is 16.7. The van der Waals surface area contributed by atoms with Crippen molar-refractivity contribution in [3.63, 3.8) is 0 Å². The Kier molecular flexibility index (Phi) is 5.76. The van der Waals surface area contributed by atoms with E-state index < -0.39 is 0 Å². The summed E-state index contributed by atoms with van der Waals surface area (Å²) >= 11 is 0. The molecule has 0 bridgehead atoms. The maximum Gasteiger partial charge on any atom is 0.223 e. The van der Waals surface area contributed by atoms with E-state index in [0.29, 0.717) is 18.3 Å². The summed E-state index contributed by atoms with van der Waals surface area (Å²) in [7, 11) is 1.80. The molecule has 0 saturated heterocycles. The maximum absolute atomic E-state index is 4.97. The standard InChI is InChI=1S/C15H19N5O.HI/c1-11-18-14(19-21-11)9-17-15(16-2)20-8-7-12-5-3-4-6-13(12)10-20;/h3-6H,7-10H2,1-2H3,(H,16,17);1H. The van der Waals surface area contributed by atoms with Gasteiger partial charge in [-0.2, -0.15) is 4.98 Å². The molecule has 0 atom stereocenters. The summed E-state index contributed by atoms with van der Waals surface area (Å²) in [5, 5.41) is 7.17. The molecule has 0 unspecified atom stereocenters. The fourth-order valence-electron chi connectivity index (χ4n) is 2.58. The Balaban J connectivity index is 0.00000176. The Morgan fingerprint density at radius 2 is 2.14 bits per heavy atom. The molecule has 2 heterocycles. The highest BCUT2D eigenvalue weighted by Crippen LogP contribution is 2.18. The summed E-state index contributed by atoms with van der Waals surface area (Å²) in [6.45, 7) is 4.14. The lowest BCUT2D eigenvalue weighted by Gasteiger charge is -2.31. The van der Waals surface area contributed by atoms with E-state index in [2.05, 4.69) is 49.6 Å². The van der Waals surface area contributed by atoms with Gasteiger partial charge in [0.05, 0.1) is 6.54 Å². The molecular weight excluding hydrogens is 393 g/mol. The van der Waals surface area contributed by atoms with Gasteiger partial charge in [-0.25, -0.2) is 0 Å². The second-order valence-corrected chi connectivity index (χ2v) is 5.07. The van der Waals surface area contributed by atoms with Crippen LogP contribution in [0.3, 0.4) is 0 Å². The molecule has 1 aromatic carbocycles. The van der Waals surface area contributed by atoms with Gasteiger partial charge in [0, 0.05) is 27.1 Å². The quantitative estimate of drug-likeness (QED) is 0.464. The van der Waals surface area contributed by atoms with Crippen LogP contribution in [0.4, 0.5) is 0 Å². The SMILES string of the molecule is CN=C(NCc1noc(C)n1)N1CCc2ccccc2C1.I. The van der Waals surface area contributed by atoms with Gasteiger partial charge in [-0.05, 0) is 17.5 Å². The van der Waals surface area contributed by atoms with Crippen LogP contribution in [-0.4, -0.2) is 34.6 Å². The Morgan fingerprint density at radius 3 is 2.82 bits per heavy atom. The fourth-order valence-corrected chi connectivity index (χ4v) is 2.58. The van der Waals surface area contributed by atoms with Gasteiger partial charge < -0.3 is 14.7 Å².